The van der Waals surface area contributed by atoms with E-state index < -0.39 is 0 Å². The van der Waals surface area contributed by atoms with Gasteiger partial charge in [-0.2, -0.15) is 5.26 Å². The molecule has 0 spiro atoms. The van der Waals surface area contributed by atoms with Crippen LogP contribution in [0.25, 0.3) is 0 Å². The van der Waals surface area contributed by atoms with E-state index in [1.54, 1.807) is 23.2 Å². The number of hydrogen-bond donors (Lipinski definition) is 1. The fourth-order valence-corrected chi connectivity index (χ4v) is 3.15. The van der Waals surface area contributed by atoms with E-state index in [1.165, 1.54) is 0 Å². The number of hydrogen-bond acceptors (Lipinski definition) is 5. The first-order valence-electron chi connectivity index (χ1n) is 7.31. The van der Waals surface area contributed by atoms with Gasteiger partial charge in [-0.15, -0.1) is 11.3 Å². The molecule has 0 aliphatic carbocycles. The van der Waals surface area contributed by atoms with E-state index in [9.17, 15) is 9.59 Å². The maximum Gasteiger partial charge on any atom is 0.223 e. The Morgan fingerprint density at radius 3 is 2.59 bits per heavy atom. The van der Waals surface area contributed by atoms with E-state index in [-0.39, 0.29) is 11.8 Å². The summed E-state index contributed by atoms with van der Waals surface area (Å²) in [4.78, 5) is 28.0. The van der Waals surface area contributed by atoms with Crippen LogP contribution in [0, 0.1) is 11.3 Å². The molecular formula is C15H20N4O2S. The van der Waals surface area contributed by atoms with Crippen molar-refractivity contribution in [3.63, 3.8) is 0 Å². The molecule has 1 aromatic rings. The molecule has 6 nitrogen and oxygen atoms in total. The third-order valence-corrected chi connectivity index (χ3v) is 4.61. The molecule has 2 heterocycles. The number of rotatable bonds is 5. The van der Waals surface area contributed by atoms with Crippen molar-refractivity contribution in [3.05, 3.63) is 21.9 Å². The Morgan fingerprint density at radius 1 is 1.32 bits per heavy atom. The molecule has 0 aromatic carbocycles. The Morgan fingerprint density at radius 2 is 2.00 bits per heavy atom. The van der Waals surface area contributed by atoms with Gasteiger partial charge >= 0.3 is 0 Å². The molecule has 1 aliphatic rings. The highest BCUT2D eigenvalue weighted by molar-refractivity contribution is 7.10. The molecule has 1 N–H and O–H groups in total. The summed E-state index contributed by atoms with van der Waals surface area (Å²) in [6.07, 6.45) is 0.455. The highest BCUT2D eigenvalue weighted by Crippen LogP contribution is 2.13. The second-order valence-electron chi connectivity index (χ2n) is 5.23. The second kappa shape index (κ2) is 7.92. The highest BCUT2D eigenvalue weighted by Gasteiger charge is 2.21. The van der Waals surface area contributed by atoms with Crippen LogP contribution in [0.3, 0.4) is 0 Å². The van der Waals surface area contributed by atoms with Gasteiger partial charge in [-0.05, 0) is 6.07 Å². The number of carbonyl (C=O) groups excluding carboxylic acids is 2. The van der Waals surface area contributed by atoms with Gasteiger partial charge in [-0.3, -0.25) is 9.59 Å². The SMILES string of the molecule is CC(=O)N1CCN(C(=O)CCNCc2cc(C#N)cs2)CC1. The molecule has 22 heavy (non-hydrogen) atoms. The van der Waals surface area contributed by atoms with Gasteiger partial charge in [0, 0.05) is 62.9 Å². The van der Waals surface area contributed by atoms with Crippen LogP contribution < -0.4 is 5.32 Å². The molecule has 0 bridgehead atoms. The van der Waals surface area contributed by atoms with Crippen LogP contribution in [-0.2, 0) is 16.1 Å². The molecule has 0 radical (unpaired) electrons. The summed E-state index contributed by atoms with van der Waals surface area (Å²) < 4.78 is 0. The number of nitriles is 1. The largest absolute Gasteiger partial charge is 0.339 e. The molecule has 2 amide bonds. The van der Waals surface area contributed by atoms with Gasteiger partial charge in [0.2, 0.25) is 11.8 Å². The van der Waals surface area contributed by atoms with Crippen molar-refractivity contribution in [2.45, 2.75) is 19.9 Å². The highest BCUT2D eigenvalue weighted by atomic mass is 32.1. The van der Waals surface area contributed by atoms with Gasteiger partial charge < -0.3 is 15.1 Å². The topological polar surface area (TPSA) is 76.4 Å². The van der Waals surface area contributed by atoms with Gasteiger partial charge in [0.25, 0.3) is 0 Å². The van der Waals surface area contributed by atoms with Crippen LogP contribution in [0.1, 0.15) is 23.8 Å². The Kier molecular flexibility index (Phi) is 5.92. The zero-order chi connectivity index (χ0) is 15.9. The Hall–Kier alpha value is -1.91. The molecule has 2 rings (SSSR count). The van der Waals surface area contributed by atoms with E-state index in [0.29, 0.717) is 51.3 Å². The summed E-state index contributed by atoms with van der Waals surface area (Å²) >= 11 is 1.55. The standard InChI is InChI=1S/C15H20N4O2S/c1-12(20)18-4-6-19(7-5-18)15(21)2-3-17-10-14-8-13(9-16)11-22-14/h8,11,17H,2-7,10H2,1H3. The van der Waals surface area contributed by atoms with E-state index in [0.717, 1.165) is 4.88 Å². The van der Waals surface area contributed by atoms with Crippen molar-refractivity contribution in [3.8, 4) is 6.07 Å². The van der Waals surface area contributed by atoms with Crippen LogP contribution in [0.15, 0.2) is 11.4 Å². The first kappa shape index (κ1) is 16.5. The minimum atomic E-state index is 0.0708. The lowest BCUT2D eigenvalue weighted by Crippen LogP contribution is -2.50. The molecular weight excluding hydrogens is 300 g/mol. The van der Waals surface area contributed by atoms with Crippen molar-refractivity contribution in [1.82, 2.24) is 15.1 Å². The van der Waals surface area contributed by atoms with Crippen molar-refractivity contribution in [2.24, 2.45) is 0 Å². The lowest BCUT2D eigenvalue weighted by atomic mass is 10.2. The first-order chi connectivity index (χ1) is 10.6. The molecule has 0 saturated carbocycles. The van der Waals surface area contributed by atoms with Gasteiger partial charge in [0.05, 0.1) is 5.56 Å². The average Bonchev–Trinajstić information content (AvgIpc) is 2.99. The lowest BCUT2D eigenvalue weighted by molar-refractivity contribution is -0.138. The fraction of sp³-hybridized carbons (Fsp3) is 0.533. The second-order valence-corrected chi connectivity index (χ2v) is 6.22. The van der Waals surface area contributed by atoms with E-state index in [1.807, 2.05) is 16.3 Å². The predicted octanol–water partition coefficient (Wildman–Crippen LogP) is 0.790. The number of carbonyl (C=O) groups is 2. The molecule has 1 fully saturated rings. The fourth-order valence-electron chi connectivity index (χ4n) is 2.37. The van der Waals surface area contributed by atoms with Crippen LogP contribution in [0.5, 0.6) is 0 Å². The predicted molar refractivity (Wildman–Crippen MR) is 84.2 cm³/mol. The molecule has 0 unspecified atom stereocenters. The quantitative estimate of drug-likeness (QED) is 0.814. The van der Waals surface area contributed by atoms with Crippen molar-refractivity contribution >= 4 is 23.2 Å². The number of piperazine rings is 1. The summed E-state index contributed by atoms with van der Waals surface area (Å²) in [5.74, 6) is 0.195. The minimum absolute atomic E-state index is 0.0708. The minimum Gasteiger partial charge on any atom is -0.339 e. The number of nitrogens with one attached hydrogen (secondary N) is 1. The normalized spacial score (nSPS) is 14.7. The zero-order valence-corrected chi connectivity index (χ0v) is 13.5. The lowest BCUT2D eigenvalue weighted by Gasteiger charge is -2.34. The van der Waals surface area contributed by atoms with Gasteiger partial charge in [0.1, 0.15) is 6.07 Å². The van der Waals surface area contributed by atoms with Crippen molar-refractivity contribution in [1.29, 1.82) is 5.26 Å². The molecule has 1 aliphatic heterocycles. The van der Waals surface area contributed by atoms with Crippen LogP contribution in [0.4, 0.5) is 0 Å². The maximum absolute atomic E-state index is 12.1. The monoisotopic (exact) mass is 320 g/mol. The summed E-state index contributed by atoms with van der Waals surface area (Å²) in [6, 6.07) is 3.97. The Balaban J connectivity index is 1.64. The third kappa shape index (κ3) is 4.55. The van der Waals surface area contributed by atoms with Crippen molar-refractivity contribution < 1.29 is 9.59 Å². The van der Waals surface area contributed by atoms with Gasteiger partial charge in [-0.25, -0.2) is 0 Å². The number of thiophene rings is 1. The summed E-state index contributed by atoms with van der Waals surface area (Å²) in [5.41, 5.74) is 0.682. The Labute approximate surface area is 134 Å². The maximum atomic E-state index is 12.1. The van der Waals surface area contributed by atoms with Gasteiger partial charge in [0.15, 0.2) is 0 Å². The summed E-state index contributed by atoms with van der Waals surface area (Å²) in [6.45, 7) is 5.35. The van der Waals surface area contributed by atoms with Crippen molar-refractivity contribution in [2.75, 3.05) is 32.7 Å². The van der Waals surface area contributed by atoms with Crippen LogP contribution in [0.2, 0.25) is 0 Å². The molecule has 0 atom stereocenters. The number of nitrogens with zero attached hydrogens (tertiary/aromatic N) is 3. The molecule has 1 aromatic heterocycles. The Bertz CT molecular complexity index is 570. The van der Waals surface area contributed by atoms with Crippen LogP contribution >= 0.6 is 11.3 Å². The third-order valence-electron chi connectivity index (χ3n) is 3.68. The van der Waals surface area contributed by atoms with Crippen LogP contribution in [-0.4, -0.2) is 54.3 Å². The summed E-state index contributed by atoms with van der Waals surface area (Å²) in [7, 11) is 0. The van der Waals surface area contributed by atoms with E-state index >= 15 is 0 Å². The average molecular weight is 320 g/mol. The van der Waals surface area contributed by atoms with E-state index in [4.69, 9.17) is 5.26 Å². The molecule has 1 saturated heterocycles. The smallest absolute Gasteiger partial charge is 0.223 e. The van der Waals surface area contributed by atoms with E-state index in [2.05, 4.69) is 11.4 Å². The molecule has 7 heteroatoms. The number of amides is 2. The molecule has 118 valence electrons. The van der Waals surface area contributed by atoms with Gasteiger partial charge in [-0.1, -0.05) is 0 Å². The summed E-state index contributed by atoms with van der Waals surface area (Å²) in [5, 5.41) is 13.8. The first-order valence-corrected chi connectivity index (χ1v) is 8.19. The zero-order valence-electron chi connectivity index (χ0n) is 12.7.